The fourth-order valence-corrected chi connectivity index (χ4v) is 4.14. The van der Waals surface area contributed by atoms with Gasteiger partial charge in [0.2, 0.25) is 5.76 Å². The third kappa shape index (κ3) is 3.01. The summed E-state index contributed by atoms with van der Waals surface area (Å²) in [6.45, 7) is 2.39. The number of aryl methyl sites for hydroxylation is 1. The maximum absolute atomic E-state index is 13.4. The first-order chi connectivity index (χ1) is 14.5. The number of halogens is 1. The summed E-state index contributed by atoms with van der Waals surface area (Å²) in [7, 11) is 0. The molecular weight excluding hydrogens is 398 g/mol. The van der Waals surface area contributed by atoms with E-state index < -0.39 is 6.04 Å². The minimum atomic E-state index is -0.535. The Bertz CT molecular complexity index is 1320. The molecule has 30 heavy (non-hydrogen) atoms. The van der Waals surface area contributed by atoms with Crippen molar-refractivity contribution >= 4 is 28.5 Å². The van der Waals surface area contributed by atoms with E-state index in [1.165, 1.54) is 0 Å². The lowest BCUT2D eigenvalue weighted by Gasteiger charge is -2.25. The number of hydrogen-bond donors (Lipinski definition) is 0. The number of carbonyl (C=O) groups excluding carboxylic acids is 1. The van der Waals surface area contributed by atoms with E-state index in [0.717, 1.165) is 16.7 Å². The molecule has 5 heteroatoms. The van der Waals surface area contributed by atoms with Crippen molar-refractivity contribution in [2.75, 3.05) is 0 Å². The highest BCUT2D eigenvalue weighted by atomic mass is 35.5. The zero-order valence-corrected chi connectivity index (χ0v) is 17.0. The van der Waals surface area contributed by atoms with Crippen LogP contribution in [-0.4, -0.2) is 10.8 Å². The van der Waals surface area contributed by atoms with Crippen LogP contribution in [0.1, 0.15) is 38.9 Å². The van der Waals surface area contributed by atoms with Gasteiger partial charge in [-0.2, -0.15) is 0 Å². The molecule has 0 saturated heterocycles. The number of nitrogens with zero attached hydrogens (tertiary/aromatic N) is 1. The lowest BCUT2D eigenvalue weighted by molar-refractivity contribution is 0.0714. The van der Waals surface area contributed by atoms with Gasteiger partial charge < -0.3 is 9.32 Å². The van der Waals surface area contributed by atoms with E-state index in [4.69, 9.17) is 16.0 Å². The van der Waals surface area contributed by atoms with Crippen LogP contribution in [0, 0.1) is 6.92 Å². The van der Waals surface area contributed by atoms with Gasteiger partial charge in [0, 0.05) is 11.6 Å². The van der Waals surface area contributed by atoms with Crippen LogP contribution < -0.4 is 5.43 Å². The van der Waals surface area contributed by atoms with Crippen molar-refractivity contribution in [3.63, 3.8) is 0 Å². The molecule has 3 aromatic carbocycles. The van der Waals surface area contributed by atoms with Crippen molar-refractivity contribution in [2.45, 2.75) is 19.5 Å². The Hall–Kier alpha value is -3.37. The minimum Gasteiger partial charge on any atom is -0.450 e. The van der Waals surface area contributed by atoms with E-state index in [1.807, 2.05) is 43.3 Å². The topological polar surface area (TPSA) is 50.5 Å². The molecule has 5 rings (SSSR count). The van der Waals surface area contributed by atoms with Gasteiger partial charge in [-0.05, 0) is 42.3 Å². The SMILES string of the molecule is Cc1ccc(CN2C(=O)c3oc4ccccc4c(=O)c3[C@@H]2c2ccc(Cl)cc2)cc1. The maximum atomic E-state index is 13.4. The van der Waals surface area contributed by atoms with E-state index in [2.05, 4.69) is 0 Å². The largest absolute Gasteiger partial charge is 0.450 e. The molecule has 0 radical (unpaired) electrons. The number of hydrogen-bond acceptors (Lipinski definition) is 3. The lowest BCUT2D eigenvalue weighted by atomic mass is 9.98. The molecule has 4 aromatic rings. The van der Waals surface area contributed by atoms with Crippen molar-refractivity contribution in [3.8, 4) is 0 Å². The zero-order chi connectivity index (χ0) is 20.8. The molecule has 1 aromatic heterocycles. The molecule has 1 atom stereocenters. The van der Waals surface area contributed by atoms with Crippen LogP contribution in [0.3, 0.4) is 0 Å². The molecule has 148 valence electrons. The Labute approximate surface area is 178 Å². The van der Waals surface area contributed by atoms with Crippen molar-refractivity contribution in [2.24, 2.45) is 0 Å². The number of rotatable bonds is 3. The molecular formula is C25H18ClNO3. The summed E-state index contributed by atoms with van der Waals surface area (Å²) in [5, 5.41) is 1.07. The van der Waals surface area contributed by atoms with E-state index in [9.17, 15) is 9.59 Å². The number of benzene rings is 3. The Morgan fingerprint density at radius 1 is 0.933 bits per heavy atom. The van der Waals surface area contributed by atoms with Gasteiger partial charge in [-0.15, -0.1) is 0 Å². The predicted molar refractivity (Wildman–Crippen MR) is 117 cm³/mol. The summed E-state index contributed by atoms with van der Waals surface area (Å²) in [5.41, 5.74) is 3.58. The first kappa shape index (κ1) is 18.6. The van der Waals surface area contributed by atoms with Crippen molar-refractivity contribution in [1.82, 2.24) is 4.90 Å². The van der Waals surface area contributed by atoms with Crippen molar-refractivity contribution < 1.29 is 9.21 Å². The maximum Gasteiger partial charge on any atom is 0.291 e. The minimum absolute atomic E-state index is 0.116. The third-order valence-electron chi connectivity index (χ3n) is 5.53. The molecule has 0 N–H and O–H groups in total. The smallest absolute Gasteiger partial charge is 0.291 e. The first-order valence-corrected chi connectivity index (χ1v) is 10.1. The number of carbonyl (C=O) groups is 1. The standard InChI is InChI=1S/C25H18ClNO3/c1-15-6-8-16(9-7-15)14-27-22(17-10-12-18(26)13-11-17)21-23(28)19-4-2-3-5-20(19)30-24(21)25(27)29/h2-13,22H,14H2,1H3/t22-/m0/s1. The summed E-state index contributed by atoms with van der Waals surface area (Å²) in [4.78, 5) is 28.5. The summed E-state index contributed by atoms with van der Waals surface area (Å²) in [5.74, 6) is -0.167. The van der Waals surface area contributed by atoms with Crippen LogP contribution in [0.5, 0.6) is 0 Å². The van der Waals surface area contributed by atoms with Crippen LogP contribution in [0.2, 0.25) is 5.02 Å². The average Bonchev–Trinajstić information content (AvgIpc) is 3.03. The highest BCUT2D eigenvalue weighted by molar-refractivity contribution is 6.30. The van der Waals surface area contributed by atoms with Crippen molar-refractivity contribution in [3.05, 3.63) is 116 Å². The van der Waals surface area contributed by atoms with E-state index in [-0.39, 0.29) is 17.1 Å². The predicted octanol–water partition coefficient (Wildman–Crippen LogP) is 5.50. The monoisotopic (exact) mass is 415 g/mol. The molecule has 0 bridgehead atoms. The molecule has 0 saturated carbocycles. The lowest BCUT2D eigenvalue weighted by Crippen LogP contribution is -2.29. The van der Waals surface area contributed by atoms with Gasteiger partial charge in [0.1, 0.15) is 5.58 Å². The van der Waals surface area contributed by atoms with Gasteiger partial charge in [0.25, 0.3) is 5.91 Å². The van der Waals surface area contributed by atoms with E-state index in [1.54, 1.807) is 41.3 Å². The Morgan fingerprint density at radius 2 is 1.63 bits per heavy atom. The number of amides is 1. The second-order valence-electron chi connectivity index (χ2n) is 7.54. The summed E-state index contributed by atoms with van der Waals surface area (Å²) in [6, 6.07) is 21.8. The highest BCUT2D eigenvalue weighted by Crippen LogP contribution is 2.39. The van der Waals surface area contributed by atoms with Gasteiger partial charge in [0.05, 0.1) is 17.0 Å². The second kappa shape index (κ2) is 7.15. The fraction of sp³-hybridized carbons (Fsp3) is 0.120. The highest BCUT2D eigenvalue weighted by Gasteiger charge is 2.42. The molecule has 0 fully saturated rings. The molecule has 2 heterocycles. The van der Waals surface area contributed by atoms with Gasteiger partial charge in [0.15, 0.2) is 5.43 Å². The summed E-state index contributed by atoms with van der Waals surface area (Å²) < 4.78 is 5.94. The van der Waals surface area contributed by atoms with Crippen LogP contribution in [0.4, 0.5) is 0 Å². The van der Waals surface area contributed by atoms with E-state index >= 15 is 0 Å². The Morgan fingerprint density at radius 3 is 2.37 bits per heavy atom. The van der Waals surface area contributed by atoms with Crippen LogP contribution in [0.25, 0.3) is 11.0 Å². The molecule has 1 aliphatic heterocycles. The van der Waals surface area contributed by atoms with Gasteiger partial charge in [-0.25, -0.2) is 0 Å². The normalized spacial score (nSPS) is 15.6. The molecule has 0 aliphatic carbocycles. The van der Waals surface area contributed by atoms with Gasteiger partial charge in [-0.1, -0.05) is 65.7 Å². The molecule has 1 aliphatic rings. The van der Waals surface area contributed by atoms with Crippen LogP contribution in [-0.2, 0) is 6.54 Å². The second-order valence-corrected chi connectivity index (χ2v) is 7.98. The Balaban J connectivity index is 1.71. The fourth-order valence-electron chi connectivity index (χ4n) is 4.01. The molecule has 0 unspecified atom stereocenters. The molecule has 0 spiro atoms. The quantitative estimate of drug-likeness (QED) is 0.444. The average molecular weight is 416 g/mol. The zero-order valence-electron chi connectivity index (χ0n) is 16.3. The first-order valence-electron chi connectivity index (χ1n) is 9.70. The molecule has 1 amide bonds. The number of fused-ring (bicyclic) bond motifs is 2. The van der Waals surface area contributed by atoms with Gasteiger partial charge in [-0.3, -0.25) is 9.59 Å². The number of para-hydroxylation sites is 1. The Kier molecular flexibility index (Phi) is 4.44. The van der Waals surface area contributed by atoms with Crippen molar-refractivity contribution in [1.29, 1.82) is 0 Å². The van der Waals surface area contributed by atoms with Gasteiger partial charge >= 0.3 is 0 Å². The molecule has 4 nitrogen and oxygen atoms in total. The summed E-state index contributed by atoms with van der Waals surface area (Å²) >= 11 is 6.08. The third-order valence-corrected chi connectivity index (χ3v) is 5.78. The van der Waals surface area contributed by atoms with Crippen LogP contribution in [0.15, 0.2) is 82.0 Å². The van der Waals surface area contributed by atoms with E-state index in [0.29, 0.717) is 28.1 Å². The summed E-state index contributed by atoms with van der Waals surface area (Å²) in [6.07, 6.45) is 0. The van der Waals surface area contributed by atoms with Crippen LogP contribution >= 0.6 is 11.6 Å².